The molecule has 3 aromatic rings. The van der Waals surface area contributed by atoms with E-state index in [-0.39, 0.29) is 11.8 Å². The van der Waals surface area contributed by atoms with Crippen LogP contribution in [0.15, 0.2) is 30.5 Å². The number of ether oxygens (including phenoxy) is 1. The number of carbonyl (C=O) groups is 1. The maximum Gasteiger partial charge on any atom is 0.223 e. The normalized spacial score (nSPS) is 21.4. The summed E-state index contributed by atoms with van der Waals surface area (Å²) in [4.78, 5) is 26.8. The number of methoxy groups -OCH3 is 1. The van der Waals surface area contributed by atoms with Gasteiger partial charge in [-0.2, -0.15) is 4.68 Å². The number of piperazine rings is 1. The highest BCUT2D eigenvalue weighted by Crippen LogP contribution is 2.33. The van der Waals surface area contributed by atoms with Gasteiger partial charge in [-0.15, -0.1) is 5.10 Å². The van der Waals surface area contributed by atoms with Crippen molar-refractivity contribution in [3.05, 3.63) is 36.3 Å². The minimum absolute atomic E-state index is 0.0858. The molecule has 3 heterocycles. The molecule has 0 bridgehead atoms. The zero-order valence-corrected chi connectivity index (χ0v) is 20.6. The summed E-state index contributed by atoms with van der Waals surface area (Å²) in [5.41, 5.74) is 2.22. The molecule has 2 fully saturated rings. The smallest absolute Gasteiger partial charge is 0.223 e. The largest absolute Gasteiger partial charge is 0.497 e. The highest BCUT2D eigenvalue weighted by Gasteiger charge is 2.30. The lowest BCUT2D eigenvalue weighted by Crippen LogP contribution is -2.47. The van der Waals surface area contributed by atoms with Crippen LogP contribution >= 0.6 is 0 Å². The SMILES string of the molecule is COc1ccc(-n2nnc3cnc(C[C@@H]4CC[C@@H](C(=O)NCCN5CCN(C)CC5)C4)nc32)cc1. The summed E-state index contributed by atoms with van der Waals surface area (Å²) in [5, 5.41) is 11.6. The van der Waals surface area contributed by atoms with Crippen LogP contribution in [-0.2, 0) is 11.2 Å². The lowest BCUT2D eigenvalue weighted by atomic mass is 10.0. The van der Waals surface area contributed by atoms with E-state index in [0.29, 0.717) is 17.1 Å². The summed E-state index contributed by atoms with van der Waals surface area (Å²) >= 11 is 0. The summed E-state index contributed by atoms with van der Waals surface area (Å²) in [7, 11) is 3.80. The van der Waals surface area contributed by atoms with Gasteiger partial charge in [-0.25, -0.2) is 9.97 Å². The lowest BCUT2D eigenvalue weighted by Gasteiger charge is -2.32. The van der Waals surface area contributed by atoms with Crippen molar-refractivity contribution in [2.24, 2.45) is 11.8 Å². The zero-order chi connectivity index (χ0) is 24.2. The van der Waals surface area contributed by atoms with E-state index in [9.17, 15) is 4.79 Å². The van der Waals surface area contributed by atoms with Crippen molar-refractivity contribution in [1.29, 1.82) is 0 Å². The van der Waals surface area contributed by atoms with E-state index in [1.165, 1.54) is 0 Å². The molecule has 5 rings (SSSR count). The van der Waals surface area contributed by atoms with Crippen LogP contribution in [0.25, 0.3) is 16.9 Å². The molecule has 0 radical (unpaired) electrons. The van der Waals surface area contributed by atoms with Crippen LogP contribution in [0.4, 0.5) is 0 Å². The predicted octanol–water partition coefficient (Wildman–Crippen LogP) is 1.54. The fraction of sp³-hybridized carbons (Fsp3) is 0.560. The van der Waals surface area contributed by atoms with Gasteiger partial charge in [0, 0.05) is 51.6 Å². The number of likely N-dealkylation sites (N-methyl/N-ethyl adjacent to an activating group) is 1. The summed E-state index contributed by atoms with van der Waals surface area (Å²) in [5.74, 6) is 2.25. The number of carbonyl (C=O) groups excluding carboxylic acids is 1. The Morgan fingerprint density at radius 2 is 1.94 bits per heavy atom. The van der Waals surface area contributed by atoms with Crippen LogP contribution in [0, 0.1) is 11.8 Å². The number of benzene rings is 1. The van der Waals surface area contributed by atoms with Crippen LogP contribution in [0.3, 0.4) is 0 Å². The van der Waals surface area contributed by atoms with Gasteiger partial charge in [0.05, 0.1) is 19.0 Å². The number of hydrogen-bond acceptors (Lipinski definition) is 8. The van der Waals surface area contributed by atoms with Gasteiger partial charge in [0.25, 0.3) is 0 Å². The Hall–Kier alpha value is -3.11. The first-order valence-electron chi connectivity index (χ1n) is 12.5. The number of rotatable bonds is 8. The molecule has 1 aliphatic carbocycles. The highest BCUT2D eigenvalue weighted by atomic mass is 16.5. The molecule has 1 saturated carbocycles. The van der Waals surface area contributed by atoms with Crippen molar-refractivity contribution >= 4 is 17.1 Å². The fourth-order valence-corrected chi connectivity index (χ4v) is 5.07. The van der Waals surface area contributed by atoms with Crippen molar-refractivity contribution in [2.45, 2.75) is 25.7 Å². The maximum absolute atomic E-state index is 12.7. The molecule has 1 N–H and O–H groups in total. The molecule has 0 spiro atoms. The van der Waals surface area contributed by atoms with E-state index in [1.54, 1.807) is 18.0 Å². The Labute approximate surface area is 205 Å². The second-order valence-electron chi connectivity index (χ2n) is 9.71. The number of nitrogens with one attached hydrogen (secondary N) is 1. The van der Waals surface area contributed by atoms with Crippen LogP contribution in [-0.4, -0.2) is 94.1 Å². The number of amides is 1. The predicted molar refractivity (Wildman–Crippen MR) is 132 cm³/mol. The van der Waals surface area contributed by atoms with Gasteiger partial charge in [0.15, 0.2) is 11.2 Å². The standard InChI is InChI=1S/C25H34N8O2/c1-31-11-13-32(14-12-31)10-9-26-25(34)19-4-3-18(15-19)16-23-27-17-22-24(28-23)33(30-29-22)20-5-7-21(35-2)8-6-20/h5-8,17-19H,3-4,9-16H2,1-2H3,(H,26,34)/t18-,19-/m1/s1. The number of fused-ring (bicyclic) bond motifs is 1. The van der Waals surface area contributed by atoms with Crippen LogP contribution in [0.1, 0.15) is 25.1 Å². The molecule has 35 heavy (non-hydrogen) atoms. The summed E-state index contributed by atoms with van der Waals surface area (Å²) in [6.45, 7) is 6.02. The molecule has 2 aliphatic rings. The fourth-order valence-electron chi connectivity index (χ4n) is 5.07. The third-order valence-corrected chi connectivity index (χ3v) is 7.27. The first kappa shape index (κ1) is 23.6. The quantitative estimate of drug-likeness (QED) is 0.520. The van der Waals surface area contributed by atoms with Crippen LogP contribution < -0.4 is 10.1 Å². The second-order valence-corrected chi connectivity index (χ2v) is 9.71. The number of hydrogen-bond donors (Lipinski definition) is 1. The molecular weight excluding hydrogens is 444 g/mol. The molecule has 1 amide bonds. The zero-order valence-electron chi connectivity index (χ0n) is 20.6. The number of nitrogens with zero attached hydrogens (tertiary/aromatic N) is 7. The Morgan fingerprint density at radius 3 is 2.71 bits per heavy atom. The average molecular weight is 479 g/mol. The third kappa shape index (κ3) is 5.59. The monoisotopic (exact) mass is 478 g/mol. The lowest BCUT2D eigenvalue weighted by molar-refractivity contribution is -0.124. The molecule has 186 valence electrons. The molecule has 1 aromatic carbocycles. The van der Waals surface area contributed by atoms with E-state index in [2.05, 4.69) is 37.5 Å². The summed E-state index contributed by atoms with van der Waals surface area (Å²) in [6.07, 6.45) is 5.33. The van der Waals surface area contributed by atoms with Crippen molar-refractivity contribution in [2.75, 3.05) is 53.4 Å². The second kappa shape index (κ2) is 10.7. The van der Waals surface area contributed by atoms with Gasteiger partial charge in [0.2, 0.25) is 5.91 Å². The Kier molecular flexibility index (Phi) is 7.19. The van der Waals surface area contributed by atoms with E-state index >= 15 is 0 Å². The van der Waals surface area contributed by atoms with Gasteiger partial charge in [0.1, 0.15) is 11.6 Å². The molecule has 2 aromatic heterocycles. The third-order valence-electron chi connectivity index (χ3n) is 7.27. The molecule has 1 saturated heterocycles. The number of aromatic nitrogens is 5. The minimum atomic E-state index is 0.0858. The molecule has 0 unspecified atom stereocenters. The molecular formula is C25H34N8O2. The Bertz CT molecular complexity index is 1140. The van der Waals surface area contributed by atoms with Crippen LogP contribution in [0.2, 0.25) is 0 Å². The molecule has 10 nitrogen and oxygen atoms in total. The van der Waals surface area contributed by atoms with Gasteiger partial charge < -0.3 is 15.0 Å². The summed E-state index contributed by atoms with van der Waals surface area (Å²) in [6, 6.07) is 7.64. The van der Waals surface area contributed by atoms with Gasteiger partial charge in [-0.1, -0.05) is 5.21 Å². The Balaban J connectivity index is 1.15. The van der Waals surface area contributed by atoms with Crippen molar-refractivity contribution in [3.8, 4) is 11.4 Å². The van der Waals surface area contributed by atoms with Gasteiger partial charge >= 0.3 is 0 Å². The van der Waals surface area contributed by atoms with E-state index in [4.69, 9.17) is 9.72 Å². The maximum atomic E-state index is 12.7. The van der Waals surface area contributed by atoms with Crippen molar-refractivity contribution in [1.82, 2.24) is 40.1 Å². The molecule has 10 heteroatoms. The van der Waals surface area contributed by atoms with Crippen molar-refractivity contribution in [3.63, 3.8) is 0 Å². The first-order chi connectivity index (χ1) is 17.1. The van der Waals surface area contributed by atoms with Crippen LogP contribution in [0.5, 0.6) is 5.75 Å². The first-order valence-corrected chi connectivity index (χ1v) is 12.5. The Morgan fingerprint density at radius 1 is 1.14 bits per heavy atom. The minimum Gasteiger partial charge on any atom is -0.497 e. The molecule has 2 atom stereocenters. The van der Waals surface area contributed by atoms with Gasteiger partial charge in [-0.05, 0) is 56.5 Å². The highest BCUT2D eigenvalue weighted by molar-refractivity contribution is 5.78. The van der Waals surface area contributed by atoms with E-state index < -0.39 is 0 Å². The van der Waals surface area contributed by atoms with Crippen molar-refractivity contribution < 1.29 is 9.53 Å². The topological polar surface area (TPSA) is 101 Å². The van der Waals surface area contributed by atoms with E-state index in [0.717, 1.165) is 82.2 Å². The molecule has 1 aliphatic heterocycles. The average Bonchev–Trinajstić information content (AvgIpc) is 3.52. The summed E-state index contributed by atoms with van der Waals surface area (Å²) < 4.78 is 6.97. The van der Waals surface area contributed by atoms with Gasteiger partial charge in [-0.3, -0.25) is 9.69 Å². The van der Waals surface area contributed by atoms with E-state index in [1.807, 2.05) is 24.3 Å².